The van der Waals surface area contributed by atoms with Gasteiger partial charge in [-0.15, -0.1) is 0 Å². The molecule has 1 aliphatic rings. The number of fused-ring (bicyclic) bond motifs is 1. The molecule has 102 valence electrons. The number of rotatable bonds is 3. The summed E-state index contributed by atoms with van der Waals surface area (Å²) < 4.78 is 13.8. The molecule has 4 nitrogen and oxygen atoms in total. The lowest BCUT2D eigenvalue weighted by Gasteiger charge is -2.22. The summed E-state index contributed by atoms with van der Waals surface area (Å²) in [4.78, 5) is 24.7. The molecule has 0 radical (unpaired) electrons. The molecule has 1 amide bonds. The third-order valence-corrected chi connectivity index (χ3v) is 3.28. The number of Topliss-reactive ketones (excluding diaryl/α,β-unsaturated/α-hetero) is 1. The van der Waals surface area contributed by atoms with Gasteiger partial charge in [-0.2, -0.15) is 0 Å². The molecule has 0 aromatic heterocycles. The molecule has 0 fully saturated rings. The Labute approximate surface area is 114 Å². The van der Waals surface area contributed by atoms with E-state index in [1.807, 2.05) is 0 Å². The molecule has 19 heavy (non-hydrogen) atoms. The van der Waals surface area contributed by atoms with Crippen LogP contribution in [0.3, 0.4) is 0 Å². The van der Waals surface area contributed by atoms with E-state index in [2.05, 4.69) is 0 Å². The maximum Gasteiger partial charge on any atom is 0.299 e. The van der Waals surface area contributed by atoms with Crippen LogP contribution in [0.5, 0.6) is 0 Å². The van der Waals surface area contributed by atoms with Crippen LogP contribution in [0.15, 0.2) is 12.1 Å². The third kappa shape index (κ3) is 2.48. The normalized spacial score (nSPS) is 15.1. The van der Waals surface area contributed by atoms with Crippen LogP contribution in [-0.2, 0) is 4.79 Å². The van der Waals surface area contributed by atoms with E-state index in [0.29, 0.717) is 0 Å². The molecule has 1 aromatic rings. The lowest BCUT2D eigenvalue weighted by atomic mass is 10.1. The maximum atomic E-state index is 13.8. The molecule has 0 atom stereocenters. The third-order valence-electron chi connectivity index (χ3n) is 2.96. The minimum Gasteiger partial charge on any atom is -0.390 e. The van der Waals surface area contributed by atoms with Crippen molar-refractivity contribution < 1.29 is 19.1 Å². The zero-order valence-electron chi connectivity index (χ0n) is 10.5. The number of carbonyl (C=O) groups is 2. The molecule has 0 saturated heterocycles. The van der Waals surface area contributed by atoms with Gasteiger partial charge in [0.1, 0.15) is 5.82 Å². The van der Waals surface area contributed by atoms with E-state index in [1.165, 1.54) is 6.07 Å². The highest BCUT2D eigenvalue weighted by atomic mass is 35.5. The van der Waals surface area contributed by atoms with Gasteiger partial charge in [-0.25, -0.2) is 4.39 Å². The molecule has 0 unspecified atom stereocenters. The molecular weight excluding hydrogens is 273 g/mol. The number of nitrogens with zero attached hydrogens (tertiary/aromatic N) is 1. The van der Waals surface area contributed by atoms with Crippen LogP contribution in [-0.4, -0.2) is 28.9 Å². The molecule has 0 spiro atoms. The van der Waals surface area contributed by atoms with E-state index in [4.69, 9.17) is 11.6 Å². The van der Waals surface area contributed by atoms with Gasteiger partial charge in [0.2, 0.25) is 0 Å². The van der Waals surface area contributed by atoms with Crippen molar-refractivity contribution in [2.24, 2.45) is 0 Å². The zero-order chi connectivity index (χ0) is 14.4. The maximum absolute atomic E-state index is 13.8. The smallest absolute Gasteiger partial charge is 0.299 e. The number of anilines is 1. The Morgan fingerprint density at radius 2 is 2.00 bits per heavy atom. The van der Waals surface area contributed by atoms with E-state index in [-0.39, 0.29) is 29.2 Å². The highest BCUT2D eigenvalue weighted by Crippen LogP contribution is 2.36. The zero-order valence-corrected chi connectivity index (χ0v) is 11.3. The molecule has 0 bridgehead atoms. The summed E-state index contributed by atoms with van der Waals surface area (Å²) >= 11 is 5.84. The number of halogens is 2. The second-order valence-electron chi connectivity index (χ2n) is 5.10. The largest absolute Gasteiger partial charge is 0.390 e. The Balaban J connectivity index is 2.42. The first-order valence-electron chi connectivity index (χ1n) is 5.79. The van der Waals surface area contributed by atoms with E-state index in [1.54, 1.807) is 13.8 Å². The standard InChI is InChI=1S/C13H13ClFNO3/c1-13(2,19)5-6-16-10-8(15)4-3-7(14)9(10)11(17)12(16)18/h3-4,19H,5-6H2,1-2H3. The van der Waals surface area contributed by atoms with Crippen molar-refractivity contribution in [3.05, 3.63) is 28.5 Å². The Morgan fingerprint density at radius 3 is 2.58 bits per heavy atom. The summed E-state index contributed by atoms with van der Waals surface area (Å²) in [6.45, 7) is 3.20. The van der Waals surface area contributed by atoms with Gasteiger partial charge in [-0.05, 0) is 32.4 Å². The average Bonchev–Trinajstić information content (AvgIpc) is 2.55. The summed E-state index contributed by atoms with van der Waals surface area (Å²) in [6.07, 6.45) is 0.220. The lowest BCUT2D eigenvalue weighted by Crippen LogP contribution is -2.35. The van der Waals surface area contributed by atoms with Gasteiger partial charge in [0, 0.05) is 6.54 Å². The first-order valence-corrected chi connectivity index (χ1v) is 6.17. The van der Waals surface area contributed by atoms with Crippen molar-refractivity contribution in [3.63, 3.8) is 0 Å². The van der Waals surface area contributed by atoms with Crippen LogP contribution in [0, 0.1) is 5.82 Å². The van der Waals surface area contributed by atoms with Gasteiger partial charge in [0.15, 0.2) is 0 Å². The summed E-state index contributed by atoms with van der Waals surface area (Å²) in [5.41, 5.74) is -1.20. The van der Waals surface area contributed by atoms with Crippen molar-refractivity contribution in [2.45, 2.75) is 25.9 Å². The average molecular weight is 286 g/mol. The summed E-state index contributed by atoms with van der Waals surface area (Å²) in [6, 6.07) is 2.37. The highest BCUT2D eigenvalue weighted by molar-refractivity contribution is 6.55. The quantitative estimate of drug-likeness (QED) is 0.866. The summed E-state index contributed by atoms with van der Waals surface area (Å²) in [5, 5.41) is 9.72. The fourth-order valence-corrected chi connectivity index (χ4v) is 2.19. The van der Waals surface area contributed by atoms with Crippen molar-refractivity contribution in [1.82, 2.24) is 0 Å². The van der Waals surface area contributed by atoms with Crippen molar-refractivity contribution in [2.75, 3.05) is 11.4 Å². The number of benzene rings is 1. The number of hydrogen-bond acceptors (Lipinski definition) is 3. The SMILES string of the molecule is CC(C)(O)CCN1C(=O)C(=O)c2c(Cl)ccc(F)c21. The molecular formula is C13H13ClFNO3. The highest BCUT2D eigenvalue weighted by Gasteiger charge is 2.40. The molecule has 1 aromatic carbocycles. The van der Waals surface area contributed by atoms with Crippen LogP contribution in [0.1, 0.15) is 30.6 Å². The molecule has 1 N–H and O–H groups in total. The van der Waals surface area contributed by atoms with Gasteiger partial charge in [-0.3, -0.25) is 9.59 Å². The first-order chi connectivity index (χ1) is 8.72. The van der Waals surface area contributed by atoms with Gasteiger partial charge in [-0.1, -0.05) is 11.6 Å². The monoisotopic (exact) mass is 285 g/mol. The Hall–Kier alpha value is -1.46. The van der Waals surface area contributed by atoms with E-state index >= 15 is 0 Å². The van der Waals surface area contributed by atoms with Gasteiger partial charge in [0.05, 0.1) is 21.9 Å². The second kappa shape index (κ2) is 4.58. The van der Waals surface area contributed by atoms with Gasteiger partial charge < -0.3 is 10.0 Å². The Kier molecular flexibility index (Phi) is 3.36. The van der Waals surface area contributed by atoms with Crippen LogP contribution >= 0.6 is 11.6 Å². The van der Waals surface area contributed by atoms with E-state index in [9.17, 15) is 19.1 Å². The van der Waals surface area contributed by atoms with Crippen LogP contribution in [0.4, 0.5) is 10.1 Å². The summed E-state index contributed by atoms with van der Waals surface area (Å²) in [5.74, 6) is -2.30. The van der Waals surface area contributed by atoms with Crippen molar-refractivity contribution >= 4 is 29.0 Å². The van der Waals surface area contributed by atoms with Crippen LogP contribution in [0.2, 0.25) is 5.02 Å². The van der Waals surface area contributed by atoms with Crippen molar-refractivity contribution in [3.8, 4) is 0 Å². The number of carbonyl (C=O) groups excluding carboxylic acids is 2. The fourth-order valence-electron chi connectivity index (χ4n) is 1.95. The van der Waals surface area contributed by atoms with Gasteiger partial charge >= 0.3 is 0 Å². The van der Waals surface area contributed by atoms with Gasteiger partial charge in [0.25, 0.3) is 11.7 Å². The van der Waals surface area contributed by atoms with E-state index in [0.717, 1.165) is 11.0 Å². The molecule has 1 heterocycles. The Morgan fingerprint density at radius 1 is 1.37 bits per heavy atom. The molecule has 0 saturated carbocycles. The van der Waals surface area contributed by atoms with Crippen LogP contribution in [0.25, 0.3) is 0 Å². The van der Waals surface area contributed by atoms with Crippen LogP contribution < -0.4 is 4.90 Å². The number of amides is 1. The predicted octanol–water partition coefficient (Wildman–Crippen LogP) is 2.17. The summed E-state index contributed by atoms with van der Waals surface area (Å²) in [7, 11) is 0. The predicted molar refractivity (Wildman–Crippen MR) is 69.0 cm³/mol. The van der Waals surface area contributed by atoms with Crippen molar-refractivity contribution in [1.29, 1.82) is 0 Å². The Bertz CT molecular complexity index is 566. The second-order valence-corrected chi connectivity index (χ2v) is 5.51. The molecule has 2 rings (SSSR count). The molecule has 1 aliphatic heterocycles. The molecule has 0 aliphatic carbocycles. The number of hydrogen-bond donors (Lipinski definition) is 1. The minimum absolute atomic E-state index is 0.0539. The van der Waals surface area contributed by atoms with E-state index < -0.39 is 23.1 Å². The number of ketones is 1. The first kappa shape index (κ1) is 14.0. The molecule has 6 heteroatoms. The lowest BCUT2D eigenvalue weighted by molar-refractivity contribution is -0.114. The number of aliphatic hydroxyl groups is 1. The topological polar surface area (TPSA) is 57.6 Å². The minimum atomic E-state index is -1.01. The fraction of sp³-hybridized carbons (Fsp3) is 0.385.